The summed E-state index contributed by atoms with van der Waals surface area (Å²) in [4.78, 5) is 16.5. The molecule has 28 heavy (non-hydrogen) atoms. The highest BCUT2D eigenvalue weighted by atomic mass is 32.2. The number of sulfonamides is 1. The fraction of sp³-hybridized carbons (Fsp3) is 0.421. The van der Waals surface area contributed by atoms with Crippen molar-refractivity contribution >= 4 is 27.3 Å². The number of nitrogens with zero attached hydrogens (tertiary/aromatic N) is 3. The van der Waals surface area contributed by atoms with Gasteiger partial charge in [-0.1, -0.05) is 24.3 Å². The third kappa shape index (κ3) is 5.32. The lowest BCUT2D eigenvalue weighted by Crippen LogP contribution is -2.51. The van der Waals surface area contributed by atoms with E-state index in [9.17, 15) is 13.2 Å². The first-order valence-electron chi connectivity index (χ1n) is 9.14. The second kappa shape index (κ2) is 9.51. The van der Waals surface area contributed by atoms with E-state index in [0.717, 1.165) is 41.0 Å². The van der Waals surface area contributed by atoms with Crippen molar-refractivity contribution in [3.63, 3.8) is 0 Å². The SMILES string of the molecule is CN(CC(=O)N1CCN(CCOc2ccccc2)CC1)S(=O)(=O)c1cccs1. The van der Waals surface area contributed by atoms with E-state index in [-0.39, 0.29) is 16.7 Å². The van der Waals surface area contributed by atoms with Crippen LogP contribution < -0.4 is 4.74 Å². The van der Waals surface area contributed by atoms with Crippen LogP contribution in [0.2, 0.25) is 0 Å². The predicted octanol–water partition coefficient (Wildman–Crippen LogP) is 1.59. The Morgan fingerprint density at radius 1 is 1.11 bits per heavy atom. The van der Waals surface area contributed by atoms with Crippen LogP contribution in [0.3, 0.4) is 0 Å². The molecule has 0 N–H and O–H groups in total. The summed E-state index contributed by atoms with van der Waals surface area (Å²) in [6, 6.07) is 12.9. The quantitative estimate of drug-likeness (QED) is 0.645. The molecule has 2 aromatic rings. The summed E-state index contributed by atoms with van der Waals surface area (Å²) >= 11 is 1.15. The molecule has 2 heterocycles. The highest BCUT2D eigenvalue weighted by Gasteiger charge is 2.27. The van der Waals surface area contributed by atoms with Crippen LogP contribution >= 0.6 is 11.3 Å². The second-order valence-electron chi connectivity index (χ2n) is 6.58. The fourth-order valence-electron chi connectivity index (χ4n) is 2.97. The number of para-hydroxylation sites is 1. The third-order valence-corrected chi connectivity index (χ3v) is 7.84. The first-order valence-corrected chi connectivity index (χ1v) is 11.5. The number of carbonyl (C=O) groups excluding carboxylic acids is 1. The van der Waals surface area contributed by atoms with E-state index < -0.39 is 10.0 Å². The van der Waals surface area contributed by atoms with E-state index >= 15 is 0 Å². The number of thiophene rings is 1. The predicted molar refractivity (Wildman–Crippen MR) is 109 cm³/mol. The minimum absolute atomic E-state index is 0.142. The monoisotopic (exact) mass is 423 g/mol. The summed E-state index contributed by atoms with van der Waals surface area (Å²) in [5.41, 5.74) is 0. The van der Waals surface area contributed by atoms with E-state index in [0.29, 0.717) is 19.7 Å². The lowest BCUT2D eigenvalue weighted by atomic mass is 10.3. The van der Waals surface area contributed by atoms with Gasteiger partial charge in [-0.3, -0.25) is 9.69 Å². The van der Waals surface area contributed by atoms with Gasteiger partial charge in [-0.2, -0.15) is 4.31 Å². The van der Waals surface area contributed by atoms with Gasteiger partial charge in [-0.25, -0.2) is 8.42 Å². The number of benzene rings is 1. The number of likely N-dealkylation sites (N-methyl/N-ethyl adjacent to an activating group) is 1. The molecule has 1 aromatic heterocycles. The second-order valence-corrected chi connectivity index (χ2v) is 9.80. The van der Waals surface area contributed by atoms with Gasteiger partial charge in [-0.05, 0) is 23.6 Å². The first kappa shape index (κ1) is 20.8. The molecule has 0 spiro atoms. The van der Waals surface area contributed by atoms with Crippen molar-refractivity contribution < 1.29 is 17.9 Å². The third-order valence-electron chi connectivity index (χ3n) is 4.66. The van der Waals surface area contributed by atoms with Crippen molar-refractivity contribution in [2.45, 2.75) is 4.21 Å². The molecule has 0 saturated carbocycles. The zero-order valence-corrected chi connectivity index (χ0v) is 17.5. The fourth-order valence-corrected chi connectivity index (χ4v) is 5.29. The van der Waals surface area contributed by atoms with Crippen LogP contribution in [-0.4, -0.2) is 81.4 Å². The van der Waals surface area contributed by atoms with Gasteiger partial charge >= 0.3 is 0 Å². The number of ether oxygens (including phenoxy) is 1. The summed E-state index contributed by atoms with van der Waals surface area (Å²) in [6.07, 6.45) is 0. The Bertz CT molecular complexity index is 849. The minimum Gasteiger partial charge on any atom is -0.492 e. The number of amides is 1. The Morgan fingerprint density at radius 2 is 1.82 bits per heavy atom. The van der Waals surface area contributed by atoms with Crippen molar-refractivity contribution in [1.29, 1.82) is 0 Å². The Balaban J connectivity index is 1.41. The van der Waals surface area contributed by atoms with Gasteiger partial charge in [0.25, 0.3) is 10.0 Å². The van der Waals surface area contributed by atoms with Crippen LogP contribution in [0.1, 0.15) is 0 Å². The number of piperazine rings is 1. The highest BCUT2D eigenvalue weighted by molar-refractivity contribution is 7.91. The maximum atomic E-state index is 12.5. The average Bonchev–Trinajstić information content (AvgIpc) is 3.25. The number of carbonyl (C=O) groups is 1. The Kier molecular flexibility index (Phi) is 7.06. The van der Waals surface area contributed by atoms with E-state index in [1.54, 1.807) is 22.4 Å². The molecular formula is C19H25N3O4S2. The molecule has 0 atom stereocenters. The largest absolute Gasteiger partial charge is 0.492 e. The standard InChI is InChI=1S/C19H25N3O4S2/c1-20(28(24,25)19-8-5-15-27-19)16-18(23)22-11-9-21(10-12-22)13-14-26-17-6-3-2-4-7-17/h2-8,15H,9-14,16H2,1H3. The normalized spacial score (nSPS) is 15.7. The summed E-state index contributed by atoms with van der Waals surface area (Å²) in [5, 5.41) is 1.71. The van der Waals surface area contributed by atoms with Gasteiger partial charge in [0.1, 0.15) is 16.6 Å². The van der Waals surface area contributed by atoms with Gasteiger partial charge in [0.15, 0.2) is 0 Å². The molecular weight excluding hydrogens is 398 g/mol. The van der Waals surface area contributed by atoms with Crippen molar-refractivity contribution in [1.82, 2.24) is 14.1 Å². The Morgan fingerprint density at radius 3 is 2.46 bits per heavy atom. The van der Waals surface area contributed by atoms with Gasteiger partial charge in [0.05, 0.1) is 6.54 Å². The molecule has 0 aliphatic carbocycles. The molecule has 0 unspecified atom stereocenters. The molecule has 7 nitrogen and oxygen atoms in total. The van der Waals surface area contributed by atoms with Crippen molar-refractivity contribution in [3.8, 4) is 5.75 Å². The molecule has 0 radical (unpaired) electrons. The molecule has 1 aliphatic rings. The Hall–Kier alpha value is -1.94. The van der Waals surface area contributed by atoms with E-state index in [1.165, 1.54) is 7.05 Å². The smallest absolute Gasteiger partial charge is 0.252 e. The van der Waals surface area contributed by atoms with Crippen molar-refractivity contribution in [3.05, 3.63) is 47.8 Å². The zero-order valence-electron chi connectivity index (χ0n) is 15.9. The molecule has 1 fully saturated rings. The molecule has 3 rings (SSSR count). The molecule has 152 valence electrons. The van der Waals surface area contributed by atoms with Crippen LogP contribution in [-0.2, 0) is 14.8 Å². The lowest BCUT2D eigenvalue weighted by Gasteiger charge is -2.35. The molecule has 1 saturated heterocycles. The molecule has 1 amide bonds. The van der Waals surface area contributed by atoms with Gasteiger partial charge in [0.2, 0.25) is 5.91 Å². The number of hydrogen-bond acceptors (Lipinski definition) is 6. The number of hydrogen-bond donors (Lipinski definition) is 0. The van der Waals surface area contributed by atoms with Crippen LogP contribution in [0.15, 0.2) is 52.1 Å². The summed E-state index contributed by atoms with van der Waals surface area (Å²) in [7, 11) is -2.15. The number of rotatable bonds is 8. The zero-order chi connectivity index (χ0) is 20.0. The summed E-state index contributed by atoms with van der Waals surface area (Å²) in [5.74, 6) is 0.689. The van der Waals surface area contributed by atoms with Gasteiger partial charge < -0.3 is 9.64 Å². The molecule has 1 aliphatic heterocycles. The lowest BCUT2D eigenvalue weighted by molar-refractivity contribution is -0.133. The molecule has 0 bridgehead atoms. The van der Waals surface area contributed by atoms with Crippen molar-refractivity contribution in [2.24, 2.45) is 0 Å². The van der Waals surface area contributed by atoms with Crippen molar-refractivity contribution in [2.75, 3.05) is 52.9 Å². The highest BCUT2D eigenvalue weighted by Crippen LogP contribution is 2.19. The van der Waals surface area contributed by atoms with Gasteiger partial charge in [-0.15, -0.1) is 11.3 Å². The van der Waals surface area contributed by atoms with E-state index in [4.69, 9.17) is 4.74 Å². The van der Waals surface area contributed by atoms with Crippen LogP contribution in [0, 0.1) is 0 Å². The van der Waals surface area contributed by atoms with Crippen LogP contribution in [0.25, 0.3) is 0 Å². The maximum Gasteiger partial charge on any atom is 0.252 e. The Labute approximate surface area is 170 Å². The summed E-state index contributed by atoms with van der Waals surface area (Å²) < 4.78 is 32.0. The molecule has 1 aromatic carbocycles. The molecule has 9 heteroatoms. The van der Waals surface area contributed by atoms with Gasteiger partial charge in [0, 0.05) is 39.8 Å². The topological polar surface area (TPSA) is 70.2 Å². The van der Waals surface area contributed by atoms with Crippen LogP contribution in [0.4, 0.5) is 0 Å². The first-order chi connectivity index (χ1) is 13.5. The average molecular weight is 424 g/mol. The van der Waals surface area contributed by atoms with E-state index in [1.807, 2.05) is 30.3 Å². The van der Waals surface area contributed by atoms with Crippen LogP contribution in [0.5, 0.6) is 5.75 Å². The maximum absolute atomic E-state index is 12.5. The summed E-state index contributed by atoms with van der Waals surface area (Å²) in [6.45, 7) is 3.95. The minimum atomic E-state index is -3.60. The van der Waals surface area contributed by atoms with E-state index in [2.05, 4.69) is 4.90 Å².